The van der Waals surface area contributed by atoms with E-state index < -0.39 is 0 Å². The summed E-state index contributed by atoms with van der Waals surface area (Å²) in [7, 11) is 0. The van der Waals surface area contributed by atoms with Gasteiger partial charge in [0.25, 0.3) is 0 Å². The number of hydrogen-bond donors (Lipinski definition) is 0. The summed E-state index contributed by atoms with van der Waals surface area (Å²) in [5.74, 6) is 0. The normalized spacial score (nSPS) is 10.4. The van der Waals surface area contributed by atoms with Crippen molar-refractivity contribution >= 4 is 6.29 Å². The van der Waals surface area contributed by atoms with Crippen LogP contribution in [-0.4, -0.2) is 6.29 Å². The number of hydrogen-bond acceptors (Lipinski definition) is 1. The molecule has 0 bridgehead atoms. The zero-order valence-corrected chi connectivity index (χ0v) is 10.9. The van der Waals surface area contributed by atoms with Crippen LogP contribution in [0.25, 0.3) is 0 Å². The fourth-order valence-corrected chi connectivity index (χ4v) is 2.11. The Labute approximate surface area is 105 Å². The molecule has 17 heavy (non-hydrogen) atoms. The van der Waals surface area contributed by atoms with E-state index in [1.54, 1.807) is 0 Å². The first-order chi connectivity index (χ1) is 8.38. The van der Waals surface area contributed by atoms with Gasteiger partial charge in [0.1, 0.15) is 0 Å². The highest BCUT2D eigenvalue weighted by molar-refractivity contribution is 5.77. The molecule has 0 atom stereocenters. The van der Waals surface area contributed by atoms with E-state index in [9.17, 15) is 4.79 Å². The van der Waals surface area contributed by atoms with Crippen molar-refractivity contribution in [1.29, 1.82) is 0 Å². The molecule has 0 aliphatic rings. The molecule has 0 fully saturated rings. The Kier molecular flexibility index (Phi) is 7.37. The van der Waals surface area contributed by atoms with Gasteiger partial charge in [-0.3, -0.25) is 4.79 Å². The minimum atomic E-state index is 0.735. The van der Waals surface area contributed by atoms with Crippen LogP contribution in [0.15, 0.2) is 24.3 Å². The molecule has 1 radical (unpaired) electrons. The lowest BCUT2D eigenvalue weighted by molar-refractivity contribution is 0.561. The highest BCUT2D eigenvalue weighted by Gasteiger charge is 2.00. The van der Waals surface area contributed by atoms with E-state index in [-0.39, 0.29) is 0 Å². The molecule has 0 aliphatic heterocycles. The molecule has 0 aromatic heterocycles. The van der Waals surface area contributed by atoms with Crippen molar-refractivity contribution in [3.05, 3.63) is 35.4 Å². The van der Waals surface area contributed by atoms with E-state index in [1.165, 1.54) is 44.9 Å². The second-order valence-corrected chi connectivity index (χ2v) is 4.63. The third-order valence-corrected chi connectivity index (χ3v) is 3.18. The topological polar surface area (TPSA) is 17.1 Å². The second kappa shape index (κ2) is 8.98. The Bertz CT molecular complexity index is 317. The Morgan fingerprint density at radius 2 is 1.59 bits per heavy atom. The summed E-state index contributed by atoms with van der Waals surface area (Å²) in [5, 5.41) is 0. The van der Waals surface area contributed by atoms with E-state index in [1.807, 2.05) is 30.6 Å². The fraction of sp³-hybridized carbons (Fsp3) is 0.562. The highest BCUT2D eigenvalue weighted by Crippen LogP contribution is 2.12. The first-order valence-electron chi connectivity index (χ1n) is 6.84. The maximum atomic E-state index is 10.7. The van der Waals surface area contributed by atoms with Crippen LogP contribution in [0.2, 0.25) is 0 Å². The van der Waals surface area contributed by atoms with Gasteiger partial charge in [-0.1, -0.05) is 69.7 Å². The van der Waals surface area contributed by atoms with Gasteiger partial charge in [0, 0.05) is 5.56 Å². The van der Waals surface area contributed by atoms with Gasteiger partial charge in [0.15, 0.2) is 0 Å². The smallest absolute Gasteiger partial charge is 0.233 e. The predicted molar refractivity (Wildman–Crippen MR) is 72.9 cm³/mol. The van der Waals surface area contributed by atoms with Crippen LogP contribution in [0.4, 0.5) is 0 Å². The monoisotopic (exact) mass is 231 g/mol. The molecule has 0 amide bonds. The average molecular weight is 231 g/mol. The van der Waals surface area contributed by atoms with Crippen molar-refractivity contribution in [2.24, 2.45) is 0 Å². The quantitative estimate of drug-likeness (QED) is 0.574. The van der Waals surface area contributed by atoms with Crippen LogP contribution in [0.3, 0.4) is 0 Å². The molecular weight excluding hydrogens is 208 g/mol. The van der Waals surface area contributed by atoms with Crippen LogP contribution < -0.4 is 0 Å². The summed E-state index contributed by atoms with van der Waals surface area (Å²) >= 11 is 0. The minimum Gasteiger partial charge on any atom is -0.285 e. The molecule has 1 aromatic rings. The van der Waals surface area contributed by atoms with Crippen LogP contribution in [-0.2, 0) is 11.2 Å². The minimum absolute atomic E-state index is 0.735. The lowest BCUT2D eigenvalue weighted by Gasteiger charge is -2.04. The molecule has 0 heterocycles. The molecule has 1 aromatic carbocycles. The van der Waals surface area contributed by atoms with Crippen LogP contribution >= 0.6 is 0 Å². The maximum Gasteiger partial charge on any atom is 0.233 e. The van der Waals surface area contributed by atoms with E-state index >= 15 is 0 Å². The number of unbranched alkanes of at least 4 members (excludes halogenated alkanes) is 6. The summed E-state index contributed by atoms with van der Waals surface area (Å²) < 4.78 is 0. The predicted octanol–water partition coefficient (Wildman–Crippen LogP) is 4.44. The third-order valence-electron chi connectivity index (χ3n) is 3.18. The zero-order valence-electron chi connectivity index (χ0n) is 10.9. The molecular formula is C16H23O. The van der Waals surface area contributed by atoms with E-state index in [0.29, 0.717) is 0 Å². The van der Waals surface area contributed by atoms with Crippen molar-refractivity contribution in [2.75, 3.05) is 0 Å². The molecule has 1 rings (SSSR count). The van der Waals surface area contributed by atoms with Crippen molar-refractivity contribution in [3.63, 3.8) is 0 Å². The SMILES string of the molecule is CCCCCCCCCc1ccccc1[C]=O. The van der Waals surface area contributed by atoms with Crippen molar-refractivity contribution < 1.29 is 4.79 Å². The second-order valence-electron chi connectivity index (χ2n) is 4.63. The first kappa shape index (κ1) is 14.0. The zero-order chi connectivity index (χ0) is 12.3. The molecule has 0 saturated carbocycles. The molecule has 0 unspecified atom stereocenters. The maximum absolute atomic E-state index is 10.7. The van der Waals surface area contributed by atoms with E-state index in [0.717, 1.165) is 17.5 Å². The lowest BCUT2D eigenvalue weighted by Crippen LogP contribution is -1.93. The third kappa shape index (κ3) is 5.67. The standard InChI is InChI=1S/C16H23O/c1-2-3-4-5-6-7-8-11-15-12-9-10-13-16(15)14-17/h9-10,12-13H,2-8,11H2,1H3. The molecule has 0 spiro atoms. The average Bonchev–Trinajstić information content (AvgIpc) is 2.38. The summed E-state index contributed by atoms with van der Waals surface area (Å²) in [6.45, 7) is 2.24. The molecule has 0 saturated heterocycles. The van der Waals surface area contributed by atoms with Crippen LogP contribution in [0.5, 0.6) is 0 Å². The van der Waals surface area contributed by atoms with Gasteiger partial charge in [-0.15, -0.1) is 0 Å². The summed E-state index contributed by atoms with van der Waals surface area (Å²) in [5.41, 5.74) is 1.88. The number of benzene rings is 1. The molecule has 0 aliphatic carbocycles. The summed E-state index contributed by atoms with van der Waals surface area (Å²) in [6.07, 6.45) is 12.2. The first-order valence-corrected chi connectivity index (χ1v) is 6.84. The number of rotatable bonds is 9. The lowest BCUT2D eigenvalue weighted by atomic mass is 10.0. The van der Waals surface area contributed by atoms with Gasteiger partial charge in [-0.2, -0.15) is 0 Å². The van der Waals surface area contributed by atoms with Gasteiger partial charge in [-0.05, 0) is 18.4 Å². The fourth-order valence-electron chi connectivity index (χ4n) is 2.11. The molecule has 0 N–H and O–H groups in total. The van der Waals surface area contributed by atoms with Gasteiger partial charge in [-0.25, -0.2) is 0 Å². The van der Waals surface area contributed by atoms with Crippen LogP contribution in [0.1, 0.15) is 63.0 Å². The Balaban J connectivity index is 2.15. The van der Waals surface area contributed by atoms with Gasteiger partial charge < -0.3 is 0 Å². The van der Waals surface area contributed by atoms with Gasteiger partial charge in [0.05, 0.1) is 0 Å². The largest absolute Gasteiger partial charge is 0.285 e. The Morgan fingerprint density at radius 1 is 0.941 bits per heavy atom. The summed E-state index contributed by atoms with van der Waals surface area (Å²) in [6, 6.07) is 7.78. The van der Waals surface area contributed by atoms with E-state index in [2.05, 4.69) is 6.92 Å². The van der Waals surface area contributed by atoms with E-state index in [4.69, 9.17) is 0 Å². The Morgan fingerprint density at radius 3 is 2.29 bits per heavy atom. The van der Waals surface area contributed by atoms with Gasteiger partial charge >= 0.3 is 0 Å². The van der Waals surface area contributed by atoms with Gasteiger partial charge in [0.2, 0.25) is 6.29 Å². The molecule has 93 valence electrons. The summed E-state index contributed by atoms with van der Waals surface area (Å²) in [4.78, 5) is 10.7. The number of carbonyl (C=O) groups excluding carboxylic acids is 1. The molecule has 1 nitrogen and oxygen atoms in total. The van der Waals surface area contributed by atoms with Crippen LogP contribution in [0, 0.1) is 0 Å². The highest BCUT2D eigenvalue weighted by atomic mass is 16.1. The van der Waals surface area contributed by atoms with Crippen molar-refractivity contribution in [1.82, 2.24) is 0 Å². The van der Waals surface area contributed by atoms with Crippen molar-refractivity contribution in [3.8, 4) is 0 Å². The molecule has 1 heteroatoms. The van der Waals surface area contributed by atoms with Crippen molar-refractivity contribution in [2.45, 2.75) is 58.3 Å². The number of aryl methyl sites for hydroxylation is 1. The Hall–Kier alpha value is -1.11.